The molecule has 23 heavy (non-hydrogen) atoms. The van der Waals surface area contributed by atoms with Crippen LogP contribution in [0.15, 0.2) is 51.7 Å². The van der Waals surface area contributed by atoms with Gasteiger partial charge in [-0.1, -0.05) is 34.1 Å². The van der Waals surface area contributed by atoms with Crippen LogP contribution >= 0.6 is 15.9 Å². The van der Waals surface area contributed by atoms with Crippen LogP contribution in [-0.2, 0) is 6.54 Å². The average Bonchev–Trinajstić information content (AvgIpc) is 2.56. The monoisotopic (exact) mass is 375 g/mol. The summed E-state index contributed by atoms with van der Waals surface area (Å²) in [6.07, 6.45) is 0. The third-order valence-electron chi connectivity index (χ3n) is 3.36. The molecule has 5 nitrogen and oxygen atoms in total. The highest BCUT2D eigenvalue weighted by Crippen LogP contribution is 2.18. The molecule has 0 fully saturated rings. The molecule has 0 aliphatic carbocycles. The zero-order chi connectivity index (χ0) is 16.4. The summed E-state index contributed by atoms with van der Waals surface area (Å²) in [6, 6.07) is 11.0. The molecule has 0 aliphatic rings. The molecule has 1 amide bonds. The first kappa shape index (κ1) is 15.4. The molecule has 0 aliphatic heterocycles. The lowest BCUT2D eigenvalue weighted by Crippen LogP contribution is -2.26. The molecule has 0 radical (unpaired) electrons. The number of carbonyl (C=O) groups is 1. The van der Waals surface area contributed by atoms with Crippen molar-refractivity contribution in [3.8, 4) is 0 Å². The molecule has 0 saturated heterocycles. The van der Waals surface area contributed by atoms with Crippen LogP contribution in [0.25, 0.3) is 10.8 Å². The second-order valence-electron chi connectivity index (χ2n) is 4.87. The number of benzene rings is 2. The molecule has 7 heteroatoms. The predicted octanol–water partition coefficient (Wildman–Crippen LogP) is 2.75. The van der Waals surface area contributed by atoms with Gasteiger partial charge in [-0.2, -0.15) is 5.10 Å². The Balaban J connectivity index is 1.88. The Bertz CT molecular complexity index is 955. The van der Waals surface area contributed by atoms with Gasteiger partial charge in [0, 0.05) is 16.4 Å². The number of hydrogen-bond acceptors (Lipinski definition) is 3. The van der Waals surface area contributed by atoms with Gasteiger partial charge < -0.3 is 5.32 Å². The van der Waals surface area contributed by atoms with Crippen molar-refractivity contribution < 1.29 is 9.18 Å². The molecule has 0 atom stereocenters. The minimum atomic E-state index is -0.450. The van der Waals surface area contributed by atoms with Gasteiger partial charge in [-0.25, -0.2) is 9.49 Å². The highest BCUT2D eigenvalue weighted by atomic mass is 79.9. The van der Waals surface area contributed by atoms with Crippen molar-refractivity contribution in [1.82, 2.24) is 15.5 Å². The first-order chi connectivity index (χ1) is 11.1. The Hall–Kier alpha value is -2.54. The molecule has 0 bridgehead atoms. The highest BCUT2D eigenvalue weighted by Gasteiger charge is 2.14. The van der Waals surface area contributed by atoms with Crippen molar-refractivity contribution in [2.75, 3.05) is 0 Å². The van der Waals surface area contributed by atoms with E-state index in [1.165, 1.54) is 12.1 Å². The quantitative estimate of drug-likeness (QED) is 0.738. The van der Waals surface area contributed by atoms with Gasteiger partial charge in [0.1, 0.15) is 5.82 Å². The van der Waals surface area contributed by atoms with Gasteiger partial charge in [0.05, 0.1) is 5.39 Å². The maximum absolute atomic E-state index is 13.3. The largest absolute Gasteiger partial charge is 0.347 e. The Kier molecular flexibility index (Phi) is 4.20. The Labute approximate surface area is 138 Å². The summed E-state index contributed by atoms with van der Waals surface area (Å²) in [7, 11) is 0. The summed E-state index contributed by atoms with van der Waals surface area (Å²) < 4.78 is 14.0. The van der Waals surface area contributed by atoms with E-state index in [0.29, 0.717) is 20.8 Å². The van der Waals surface area contributed by atoms with E-state index in [1.54, 1.807) is 30.3 Å². The first-order valence-corrected chi connectivity index (χ1v) is 7.55. The molecular weight excluding hydrogens is 365 g/mol. The van der Waals surface area contributed by atoms with E-state index in [4.69, 9.17) is 0 Å². The number of H-pyrrole nitrogens is 1. The summed E-state index contributed by atoms with van der Waals surface area (Å²) in [5.41, 5.74) is 0.366. The molecule has 3 rings (SSSR count). The lowest BCUT2D eigenvalue weighted by Gasteiger charge is -2.08. The zero-order valence-corrected chi connectivity index (χ0v) is 13.4. The van der Waals surface area contributed by atoms with E-state index in [-0.39, 0.29) is 23.6 Å². The number of aromatic nitrogens is 2. The lowest BCUT2D eigenvalue weighted by atomic mass is 10.1. The maximum atomic E-state index is 13.3. The Morgan fingerprint density at radius 2 is 1.96 bits per heavy atom. The van der Waals surface area contributed by atoms with Crippen LogP contribution in [0.4, 0.5) is 4.39 Å². The third kappa shape index (κ3) is 3.14. The van der Waals surface area contributed by atoms with Gasteiger partial charge in [-0.05, 0) is 29.8 Å². The minimum absolute atomic E-state index is 0.118. The van der Waals surface area contributed by atoms with Crippen LogP contribution in [0.1, 0.15) is 16.1 Å². The summed E-state index contributed by atoms with van der Waals surface area (Å²) in [6.45, 7) is 0.131. The van der Waals surface area contributed by atoms with Gasteiger partial charge >= 0.3 is 0 Å². The molecule has 0 unspecified atom stereocenters. The topological polar surface area (TPSA) is 74.8 Å². The van der Waals surface area contributed by atoms with Crippen molar-refractivity contribution in [2.45, 2.75) is 6.54 Å². The fourth-order valence-electron chi connectivity index (χ4n) is 2.23. The van der Waals surface area contributed by atoms with E-state index in [2.05, 4.69) is 31.4 Å². The summed E-state index contributed by atoms with van der Waals surface area (Å²) in [5.74, 6) is -0.835. The van der Waals surface area contributed by atoms with Crippen LogP contribution in [0.3, 0.4) is 0 Å². The SMILES string of the molecule is O=C(NCc1cc(F)ccc1Br)c1n[nH]c(=O)c2ccccc12. The Morgan fingerprint density at radius 3 is 2.74 bits per heavy atom. The van der Waals surface area contributed by atoms with E-state index in [1.807, 2.05) is 0 Å². The number of fused-ring (bicyclic) bond motifs is 1. The van der Waals surface area contributed by atoms with Crippen LogP contribution in [0.2, 0.25) is 0 Å². The van der Waals surface area contributed by atoms with Crippen molar-refractivity contribution in [3.05, 3.63) is 74.4 Å². The number of aromatic amines is 1. The summed E-state index contributed by atoms with van der Waals surface area (Å²) in [4.78, 5) is 24.1. The average molecular weight is 376 g/mol. The molecule has 2 aromatic carbocycles. The Morgan fingerprint density at radius 1 is 1.22 bits per heavy atom. The van der Waals surface area contributed by atoms with Crippen LogP contribution in [0.5, 0.6) is 0 Å². The van der Waals surface area contributed by atoms with E-state index in [0.717, 1.165) is 0 Å². The van der Waals surface area contributed by atoms with Crippen molar-refractivity contribution in [3.63, 3.8) is 0 Å². The van der Waals surface area contributed by atoms with Crippen molar-refractivity contribution >= 4 is 32.6 Å². The standard InChI is InChI=1S/C16H11BrFN3O2/c17-13-6-5-10(18)7-9(13)8-19-16(23)14-11-3-1-2-4-12(11)15(22)21-20-14/h1-7H,8H2,(H,19,23)(H,21,22). The number of amides is 1. The molecule has 3 aromatic rings. The number of hydrogen-bond donors (Lipinski definition) is 2. The summed E-state index contributed by atoms with van der Waals surface area (Å²) in [5, 5.41) is 9.66. The number of nitrogens with one attached hydrogen (secondary N) is 2. The molecular formula is C16H11BrFN3O2. The molecule has 0 saturated carbocycles. The predicted molar refractivity (Wildman–Crippen MR) is 87.6 cm³/mol. The van der Waals surface area contributed by atoms with Crippen LogP contribution in [-0.4, -0.2) is 16.1 Å². The van der Waals surface area contributed by atoms with Gasteiger partial charge in [-0.15, -0.1) is 0 Å². The second kappa shape index (κ2) is 6.29. The second-order valence-corrected chi connectivity index (χ2v) is 5.72. The lowest BCUT2D eigenvalue weighted by molar-refractivity contribution is 0.0946. The highest BCUT2D eigenvalue weighted by molar-refractivity contribution is 9.10. The number of carbonyl (C=O) groups excluding carboxylic acids is 1. The molecule has 1 heterocycles. The van der Waals surface area contributed by atoms with E-state index in [9.17, 15) is 14.0 Å². The van der Waals surface area contributed by atoms with Crippen molar-refractivity contribution in [1.29, 1.82) is 0 Å². The fraction of sp³-hybridized carbons (Fsp3) is 0.0625. The minimum Gasteiger partial charge on any atom is -0.347 e. The van der Waals surface area contributed by atoms with E-state index >= 15 is 0 Å². The van der Waals surface area contributed by atoms with Gasteiger partial charge in [0.15, 0.2) is 5.69 Å². The number of nitrogens with zero attached hydrogens (tertiary/aromatic N) is 1. The van der Waals surface area contributed by atoms with Gasteiger partial charge in [-0.3, -0.25) is 9.59 Å². The number of rotatable bonds is 3. The summed E-state index contributed by atoms with van der Waals surface area (Å²) >= 11 is 3.31. The normalized spacial score (nSPS) is 10.7. The van der Waals surface area contributed by atoms with E-state index < -0.39 is 5.91 Å². The molecule has 116 valence electrons. The van der Waals surface area contributed by atoms with Crippen LogP contribution < -0.4 is 10.9 Å². The molecule has 2 N–H and O–H groups in total. The van der Waals surface area contributed by atoms with Gasteiger partial charge in [0.2, 0.25) is 0 Å². The number of halogens is 2. The molecule has 0 spiro atoms. The van der Waals surface area contributed by atoms with Crippen LogP contribution in [0, 0.1) is 5.82 Å². The van der Waals surface area contributed by atoms with Crippen molar-refractivity contribution in [2.24, 2.45) is 0 Å². The third-order valence-corrected chi connectivity index (χ3v) is 4.13. The maximum Gasteiger partial charge on any atom is 0.272 e. The van der Waals surface area contributed by atoms with Gasteiger partial charge in [0.25, 0.3) is 11.5 Å². The first-order valence-electron chi connectivity index (χ1n) is 6.76. The fourth-order valence-corrected chi connectivity index (χ4v) is 2.61. The molecule has 1 aromatic heterocycles. The smallest absolute Gasteiger partial charge is 0.272 e. The zero-order valence-electron chi connectivity index (χ0n) is 11.8.